The highest BCUT2D eigenvalue weighted by Crippen LogP contribution is 2.41. The van der Waals surface area contributed by atoms with E-state index in [-0.39, 0.29) is 24.7 Å². The molecule has 7 rings (SSSR count). The minimum absolute atomic E-state index is 0.0234. The molecule has 5 aromatic carbocycles. The molecular formula is C40H34N2O5S. The molecule has 1 fully saturated rings. The lowest BCUT2D eigenvalue weighted by molar-refractivity contribution is -0.245. The SMILES string of the molecule is O=C(Nc1cccc(C2OC(CSc3nc(-c4ccccc4)c(-c4ccccc4)o3)CC(c3ccc(CO)cc3)O2)c1)c1ccccc1. The topological polar surface area (TPSA) is 93.8 Å². The molecule has 6 aromatic rings. The van der Waals surface area contributed by atoms with Gasteiger partial charge in [0.1, 0.15) is 5.69 Å². The molecule has 0 spiro atoms. The third-order valence-electron chi connectivity index (χ3n) is 8.15. The highest BCUT2D eigenvalue weighted by molar-refractivity contribution is 7.99. The van der Waals surface area contributed by atoms with Crippen LogP contribution in [0.1, 0.15) is 45.9 Å². The molecule has 1 amide bonds. The number of hydrogen-bond acceptors (Lipinski definition) is 7. The number of nitrogens with one attached hydrogen (secondary N) is 1. The average Bonchev–Trinajstić information content (AvgIpc) is 3.59. The minimum atomic E-state index is -0.676. The van der Waals surface area contributed by atoms with Gasteiger partial charge in [0.15, 0.2) is 12.1 Å². The largest absolute Gasteiger partial charge is 0.431 e. The van der Waals surface area contributed by atoms with Gasteiger partial charge in [-0.1, -0.05) is 127 Å². The standard InChI is InChI=1S/C40H34N2O5S/c43-25-27-19-21-28(22-20-27)35-24-34(45-39(46-35)32-17-10-18-33(23-32)41-38(44)31-15-8-3-9-16-31)26-48-40-42-36(29-11-4-1-5-12-29)37(47-40)30-13-6-2-7-14-30/h1-23,34-35,39,43H,24-26H2,(H,41,44). The van der Waals surface area contributed by atoms with E-state index >= 15 is 0 Å². The average molecular weight is 655 g/mol. The first-order valence-corrected chi connectivity index (χ1v) is 16.8. The van der Waals surface area contributed by atoms with Gasteiger partial charge in [0.25, 0.3) is 11.1 Å². The fourth-order valence-electron chi connectivity index (χ4n) is 5.68. The summed E-state index contributed by atoms with van der Waals surface area (Å²) in [4.78, 5) is 17.8. The van der Waals surface area contributed by atoms with Crippen molar-refractivity contribution in [3.8, 4) is 22.6 Å². The van der Waals surface area contributed by atoms with Gasteiger partial charge in [-0.2, -0.15) is 0 Å². The number of aliphatic hydroxyl groups excluding tert-OH is 1. The number of oxazole rings is 1. The van der Waals surface area contributed by atoms with Crippen LogP contribution >= 0.6 is 11.8 Å². The summed E-state index contributed by atoms with van der Waals surface area (Å²) in [6, 6.07) is 44.5. The van der Waals surface area contributed by atoms with Crippen molar-refractivity contribution in [2.75, 3.05) is 11.1 Å². The number of carbonyl (C=O) groups excluding carboxylic acids is 1. The van der Waals surface area contributed by atoms with Crippen LogP contribution in [0.15, 0.2) is 149 Å². The molecule has 3 unspecified atom stereocenters. The van der Waals surface area contributed by atoms with Gasteiger partial charge in [0, 0.05) is 40.1 Å². The van der Waals surface area contributed by atoms with Crippen molar-refractivity contribution in [3.05, 3.63) is 162 Å². The molecule has 1 saturated heterocycles. The number of hydrogen-bond donors (Lipinski definition) is 2. The normalized spacial score (nSPS) is 17.6. The number of anilines is 1. The Morgan fingerprint density at radius 3 is 2.17 bits per heavy atom. The molecule has 2 N–H and O–H groups in total. The van der Waals surface area contributed by atoms with E-state index < -0.39 is 6.29 Å². The van der Waals surface area contributed by atoms with Gasteiger partial charge in [-0.05, 0) is 35.4 Å². The van der Waals surface area contributed by atoms with E-state index in [0.29, 0.717) is 28.6 Å². The van der Waals surface area contributed by atoms with Gasteiger partial charge >= 0.3 is 0 Å². The van der Waals surface area contributed by atoms with Crippen LogP contribution in [0.4, 0.5) is 5.69 Å². The fourth-order valence-corrected chi connectivity index (χ4v) is 6.52. The third kappa shape index (κ3) is 7.43. The highest BCUT2D eigenvalue weighted by atomic mass is 32.2. The zero-order valence-corrected chi connectivity index (χ0v) is 26.9. The van der Waals surface area contributed by atoms with Crippen molar-refractivity contribution < 1.29 is 23.8 Å². The molecule has 1 aliphatic rings. The Hall–Kier alpha value is -4.99. The second-order valence-corrected chi connectivity index (χ2v) is 12.5. The number of nitrogens with zero attached hydrogens (tertiary/aromatic N) is 1. The summed E-state index contributed by atoms with van der Waals surface area (Å²) in [5, 5.41) is 13.1. The lowest BCUT2D eigenvalue weighted by Crippen LogP contribution is -2.31. The monoisotopic (exact) mass is 654 g/mol. The van der Waals surface area contributed by atoms with Crippen LogP contribution in [-0.4, -0.2) is 27.9 Å². The van der Waals surface area contributed by atoms with Gasteiger partial charge in [-0.25, -0.2) is 4.98 Å². The molecule has 7 nitrogen and oxygen atoms in total. The molecule has 1 aliphatic heterocycles. The van der Waals surface area contributed by atoms with Crippen molar-refractivity contribution in [1.29, 1.82) is 0 Å². The lowest BCUT2D eigenvalue weighted by Gasteiger charge is -2.36. The zero-order valence-electron chi connectivity index (χ0n) is 26.1. The molecule has 0 bridgehead atoms. The van der Waals surface area contributed by atoms with Crippen molar-refractivity contribution in [3.63, 3.8) is 0 Å². The molecule has 0 saturated carbocycles. The van der Waals surface area contributed by atoms with Gasteiger partial charge in [0.2, 0.25) is 0 Å². The predicted octanol–water partition coefficient (Wildman–Crippen LogP) is 9.09. The third-order valence-corrected chi connectivity index (χ3v) is 9.11. The van der Waals surface area contributed by atoms with E-state index in [4.69, 9.17) is 18.9 Å². The number of carbonyl (C=O) groups is 1. The van der Waals surface area contributed by atoms with Crippen LogP contribution in [-0.2, 0) is 16.1 Å². The summed E-state index contributed by atoms with van der Waals surface area (Å²) < 4.78 is 19.5. The molecule has 8 heteroatoms. The van der Waals surface area contributed by atoms with Gasteiger partial charge in [0.05, 0.1) is 18.8 Å². The molecule has 48 heavy (non-hydrogen) atoms. The number of benzene rings is 5. The highest BCUT2D eigenvalue weighted by Gasteiger charge is 2.33. The first kappa shape index (κ1) is 31.6. The molecule has 3 atom stereocenters. The molecule has 1 aromatic heterocycles. The van der Waals surface area contributed by atoms with Crippen LogP contribution in [0.3, 0.4) is 0 Å². The van der Waals surface area contributed by atoms with E-state index in [9.17, 15) is 9.90 Å². The van der Waals surface area contributed by atoms with Crippen molar-refractivity contribution in [1.82, 2.24) is 4.98 Å². The maximum Gasteiger partial charge on any atom is 0.256 e. The Kier molecular flexibility index (Phi) is 9.77. The molecule has 240 valence electrons. The number of aromatic nitrogens is 1. The number of rotatable bonds is 10. The molecule has 0 aliphatic carbocycles. The van der Waals surface area contributed by atoms with Crippen LogP contribution < -0.4 is 5.32 Å². The number of aliphatic hydroxyl groups is 1. The molecule has 2 heterocycles. The summed E-state index contributed by atoms with van der Waals surface area (Å²) in [6.45, 7) is -0.0234. The molecule has 0 radical (unpaired) electrons. The fraction of sp³-hybridized carbons (Fsp3) is 0.150. The van der Waals surface area contributed by atoms with Crippen molar-refractivity contribution in [2.45, 2.75) is 36.7 Å². The van der Waals surface area contributed by atoms with Gasteiger partial charge in [-0.15, -0.1) is 0 Å². The summed E-state index contributed by atoms with van der Waals surface area (Å²) >= 11 is 1.51. The smallest absolute Gasteiger partial charge is 0.256 e. The molecular weight excluding hydrogens is 621 g/mol. The Balaban J connectivity index is 1.13. The van der Waals surface area contributed by atoms with Crippen LogP contribution in [0.2, 0.25) is 0 Å². The summed E-state index contributed by atoms with van der Waals surface area (Å²) in [6.07, 6.45) is -0.519. The van der Waals surface area contributed by atoms with E-state index in [0.717, 1.165) is 39.3 Å². The van der Waals surface area contributed by atoms with Crippen molar-refractivity contribution in [2.24, 2.45) is 0 Å². The minimum Gasteiger partial charge on any atom is -0.431 e. The van der Waals surface area contributed by atoms with E-state index in [2.05, 4.69) is 5.32 Å². The van der Waals surface area contributed by atoms with Gasteiger partial charge in [-0.3, -0.25) is 4.79 Å². The number of amides is 1. The first-order valence-electron chi connectivity index (χ1n) is 15.8. The number of thioether (sulfide) groups is 1. The summed E-state index contributed by atoms with van der Waals surface area (Å²) in [5.41, 5.74) is 6.60. The second-order valence-electron chi connectivity index (χ2n) is 11.5. The quantitative estimate of drug-likeness (QED) is 0.142. The summed E-state index contributed by atoms with van der Waals surface area (Å²) in [7, 11) is 0. The predicted molar refractivity (Wildman–Crippen MR) is 187 cm³/mol. The van der Waals surface area contributed by atoms with Crippen molar-refractivity contribution >= 4 is 23.4 Å². The van der Waals surface area contributed by atoms with Gasteiger partial charge < -0.3 is 24.3 Å². The van der Waals surface area contributed by atoms with Crippen LogP contribution in [0.5, 0.6) is 0 Å². The van der Waals surface area contributed by atoms with E-state index in [1.165, 1.54) is 11.8 Å². The van der Waals surface area contributed by atoms with Crippen LogP contribution in [0.25, 0.3) is 22.6 Å². The first-order chi connectivity index (χ1) is 23.6. The Morgan fingerprint density at radius 1 is 0.771 bits per heavy atom. The Bertz CT molecular complexity index is 1890. The van der Waals surface area contributed by atoms with E-state index in [1.807, 2.05) is 127 Å². The maximum absolute atomic E-state index is 12.9. The maximum atomic E-state index is 12.9. The van der Waals surface area contributed by atoms with Crippen LogP contribution in [0, 0.1) is 0 Å². The second kappa shape index (κ2) is 14.8. The Morgan fingerprint density at radius 2 is 1.46 bits per heavy atom. The number of ether oxygens (including phenoxy) is 2. The Labute approximate surface area is 283 Å². The summed E-state index contributed by atoms with van der Waals surface area (Å²) in [5.74, 6) is 1.12. The lowest BCUT2D eigenvalue weighted by atomic mass is 10.0. The van der Waals surface area contributed by atoms with E-state index in [1.54, 1.807) is 12.1 Å². The zero-order chi connectivity index (χ0) is 32.7.